The summed E-state index contributed by atoms with van der Waals surface area (Å²) in [6, 6.07) is 10.0. The first kappa shape index (κ1) is 19.4. The Morgan fingerprint density at radius 1 is 1.13 bits per heavy atom. The number of anilines is 1. The molecule has 4 nitrogen and oxygen atoms in total. The van der Waals surface area contributed by atoms with E-state index in [2.05, 4.69) is 31.4 Å². The van der Waals surface area contributed by atoms with Gasteiger partial charge in [-0.05, 0) is 60.4 Å². The number of rotatable bonds is 2. The number of hydrogen-bond donors (Lipinski definition) is 2. The molecule has 0 unspecified atom stereocenters. The van der Waals surface area contributed by atoms with Crippen molar-refractivity contribution in [2.75, 3.05) is 5.32 Å². The third kappa shape index (κ3) is 3.23. The van der Waals surface area contributed by atoms with Crippen molar-refractivity contribution in [3.8, 4) is 11.3 Å². The highest BCUT2D eigenvalue weighted by atomic mass is 32.1. The SMILES string of the molecule is CC(C)(C)[C@H]1CCc2c(sc3c2C(=O)N[C@H](c2ccc(-c4ccccc4F)o2)N3)C1. The summed E-state index contributed by atoms with van der Waals surface area (Å²) >= 11 is 1.69. The number of amides is 1. The molecule has 0 radical (unpaired) electrons. The topological polar surface area (TPSA) is 54.3 Å². The third-order valence-electron chi connectivity index (χ3n) is 6.32. The van der Waals surface area contributed by atoms with Gasteiger partial charge < -0.3 is 15.1 Å². The Balaban J connectivity index is 1.42. The van der Waals surface area contributed by atoms with Gasteiger partial charge in [-0.25, -0.2) is 4.39 Å². The first-order valence-electron chi connectivity index (χ1n) is 10.4. The van der Waals surface area contributed by atoms with Gasteiger partial charge in [0.2, 0.25) is 0 Å². The molecule has 1 aromatic carbocycles. The fourth-order valence-corrected chi connectivity index (χ4v) is 5.85. The lowest BCUT2D eigenvalue weighted by Crippen LogP contribution is -2.38. The van der Waals surface area contributed by atoms with E-state index in [0.29, 0.717) is 23.0 Å². The summed E-state index contributed by atoms with van der Waals surface area (Å²) in [5.74, 6) is 1.23. The maximum Gasteiger partial charge on any atom is 0.256 e. The lowest BCUT2D eigenvalue weighted by atomic mass is 9.72. The maximum atomic E-state index is 14.1. The highest BCUT2D eigenvalue weighted by Crippen LogP contribution is 2.46. The van der Waals surface area contributed by atoms with Crippen molar-refractivity contribution in [2.24, 2.45) is 11.3 Å². The van der Waals surface area contributed by atoms with Crippen LogP contribution in [0.25, 0.3) is 11.3 Å². The van der Waals surface area contributed by atoms with Crippen LogP contribution in [0.4, 0.5) is 9.39 Å². The summed E-state index contributed by atoms with van der Waals surface area (Å²) in [4.78, 5) is 14.3. The van der Waals surface area contributed by atoms with E-state index in [0.717, 1.165) is 29.8 Å². The number of furan rings is 1. The summed E-state index contributed by atoms with van der Waals surface area (Å²) in [6.07, 6.45) is 2.61. The van der Waals surface area contributed by atoms with Gasteiger partial charge in [-0.15, -0.1) is 11.3 Å². The number of halogens is 1. The van der Waals surface area contributed by atoms with Gasteiger partial charge in [0.25, 0.3) is 5.91 Å². The zero-order chi connectivity index (χ0) is 21.0. The van der Waals surface area contributed by atoms with Gasteiger partial charge >= 0.3 is 0 Å². The summed E-state index contributed by atoms with van der Waals surface area (Å²) in [5.41, 5.74) is 2.66. The van der Waals surface area contributed by atoms with Crippen LogP contribution < -0.4 is 10.6 Å². The van der Waals surface area contributed by atoms with Crippen molar-refractivity contribution >= 4 is 22.2 Å². The third-order valence-corrected chi connectivity index (χ3v) is 7.50. The molecule has 5 rings (SSSR count). The van der Waals surface area contributed by atoms with Crippen molar-refractivity contribution in [3.05, 3.63) is 64.0 Å². The molecule has 0 spiro atoms. The van der Waals surface area contributed by atoms with E-state index < -0.39 is 6.17 Å². The molecule has 6 heteroatoms. The summed E-state index contributed by atoms with van der Waals surface area (Å²) < 4.78 is 20.0. The summed E-state index contributed by atoms with van der Waals surface area (Å²) in [7, 11) is 0. The average Bonchev–Trinajstić information content (AvgIpc) is 3.31. The molecule has 2 N–H and O–H groups in total. The zero-order valence-corrected chi connectivity index (χ0v) is 18.2. The first-order valence-corrected chi connectivity index (χ1v) is 11.2. The summed E-state index contributed by atoms with van der Waals surface area (Å²) in [6.45, 7) is 6.88. The minimum absolute atomic E-state index is 0.0655. The molecule has 2 aromatic heterocycles. The van der Waals surface area contributed by atoms with Gasteiger partial charge in [0.15, 0.2) is 6.17 Å². The zero-order valence-electron chi connectivity index (χ0n) is 17.3. The Morgan fingerprint density at radius 2 is 1.93 bits per heavy atom. The van der Waals surface area contributed by atoms with Crippen LogP contribution in [-0.4, -0.2) is 5.91 Å². The fraction of sp³-hybridized carbons (Fsp3) is 0.375. The van der Waals surface area contributed by atoms with Crippen LogP contribution in [0.1, 0.15) is 59.9 Å². The van der Waals surface area contributed by atoms with E-state index in [4.69, 9.17) is 4.42 Å². The number of benzene rings is 1. The minimum Gasteiger partial charge on any atom is -0.457 e. The van der Waals surface area contributed by atoms with E-state index in [9.17, 15) is 9.18 Å². The van der Waals surface area contributed by atoms with Crippen LogP contribution in [0.3, 0.4) is 0 Å². The molecular weight excluding hydrogens is 399 g/mol. The molecule has 3 heterocycles. The Kier molecular flexibility index (Phi) is 4.51. The summed E-state index contributed by atoms with van der Waals surface area (Å²) in [5, 5.41) is 7.36. The Hall–Kier alpha value is -2.60. The van der Waals surface area contributed by atoms with Crippen LogP contribution in [0.2, 0.25) is 0 Å². The molecule has 2 aliphatic rings. The Labute approximate surface area is 179 Å². The van der Waals surface area contributed by atoms with E-state index >= 15 is 0 Å². The van der Waals surface area contributed by atoms with Crippen molar-refractivity contribution < 1.29 is 13.6 Å². The normalized spacial score (nSPS) is 20.9. The van der Waals surface area contributed by atoms with Gasteiger partial charge in [0.1, 0.15) is 22.3 Å². The molecule has 0 bridgehead atoms. The van der Waals surface area contributed by atoms with Crippen LogP contribution >= 0.6 is 11.3 Å². The van der Waals surface area contributed by atoms with Gasteiger partial charge in [0.05, 0.1) is 11.1 Å². The molecule has 1 aliphatic heterocycles. The number of thiophene rings is 1. The fourth-order valence-electron chi connectivity index (χ4n) is 4.49. The number of hydrogen-bond acceptors (Lipinski definition) is 4. The van der Waals surface area contributed by atoms with Crippen LogP contribution in [0, 0.1) is 17.2 Å². The van der Waals surface area contributed by atoms with Gasteiger partial charge in [0, 0.05) is 4.88 Å². The second kappa shape index (κ2) is 6.98. The lowest BCUT2D eigenvalue weighted by molar-refractivity contribution is 0.0930. The second-order valence-electron chi connectivity index (χ2n) is 9.25. The van der Waals surface area contributed by atoms with Crippen molar-refractivity contribution in [3.63, 3.8) is 0 Å². The largest absolute Gasteiger partial charge is 0.457 e. The van der Waals surface area contributed by atoms with E-state index in [-0.39, 0.29) is 17.1 Å². The van der Waals surface area contributed by atoms with E-state index in [1.54, 1.807) is 41.7 Å². The molecule has 1 aliphatic carbocycles. The Morgan fingerprint density at radius 3 is 2.70 bits per heavy atom. The van der Waals surface area contributed by atoms with E-state index in [1.807, 2.05) is 0 Å². The predicted octanol–water partition coefficient (Wildman–Crippen LogP) is 6.15. The monoisotopic (exact) mass is 424 g/mol. The standard InChI is InChI=1S/C24H25FN2O2S/c1-24(2,3)13-8-9-15-19(12-13)30-23-20(15)22(28)26-21(27-23)18-11-10-17(29-18)14-6-4-5-7-16(14)25/h4-7,10-11,13,21,27H,8-9,12H2,1-3H3,(H,26,28)/t13-,21-/m0/s1. The highest BCUT2D eigenvalue weighted by Gasteiger charge is 2.37. The van der Waals surface area contributed by atoms with Crippen LogP contribution in [0.5, 0.6) is 0 Å². The highest BCUT2D eigenvalue weighted by molar-refractivity contribution is 7.16. The van der Waals surface area contributed by atoms with Crippen LogP contribution in [0.15, 0.2) is 40.8 Å². The van der Waals surface area contributed by atoms with Crippen molar-refractivity contribution in [1.82, 2.24) is 5.32 Å². The lowest BCUT2D eigenvalue weighted by Gasteiger charge is -2.34. The van der Waals surface area contributed by atoms with E-state index in [1.165, 1.54) is 16.5 Å². The number of carbonyl (C=O) groups excluding carboxylic acids is 1. The molecule has 0 saturated carbocycles. The number of fused-ring (bicyclic) bond motifs is 3. The van der Waals surface area contributed by atoms with Gasteiger partial charge in [-0.2, -0.15) is 0 Å². The molecule has 30 heavy (non-hydrogen) atoms. The average molecular weight is 425 g/mol. The molecule has 3 aromatic rings. The van der Waals surface area contributed by atoms with Crippen LogP contribution in [-0.2, 0) is 12.8 Å². The molecule has 0 saturated heterocycles. The Bertz CT molecular complexity index is 1120. The minimum atomic E-state index is -0.468. The van der Waals surface area contributed by atoms with Gasteiger partial charge in [-0.3, -0.25) is 4.79 Å². The smallest absolute Gasteiger partial charge is 0.256 e. The molecular formula is C24H25FN2O2S. The molecule has 156 valence electrons. The van der Waals surface area contributed by atoms with Crippen molar-refractivity contribution in [1.29, 1.82) is 0 Å². The van der Waals surface area contributed by atoms with Crippen molar-refractivity contribution in [2.45, 2.75) is 46.2 Å². The second-order valence-corrected chi connectivity index (χ2v) is 10.4. The predicted molar refractivity (Wildman–Crippen MR) is 117 cm³/mol. The number of carbonyl (C=O) groups is 1. The van der Waals surface area contributed by atoms with Gasteiger partial charge in [-0.1, -0.05) is 32.9 Å². The quantitative estimate of drug-likeness (QED) is 0.519. The number of nitrogens with one attached hydrogen (secondary N) is 2. The first-order chi connectivity index (χ1) is 14.3. The molecule has 0 fully saturated rings. The molecule has 2 atom stereocenters. The maximum absolute atomic E-state index is 14.1. The molecule has 1 amide bonds.